The van der Waals surface area contributed by atoms with Gasteiger partial charge in [-0.3, -0.25) is 4.79 Å². The summed E-state index contributed by atoms with van der Waals surface area (Å²) in [7, 11) is 4.23. The number of amides is 1. The van der Waals surface area contributed by atoms with Crippen LogP contribution in [0.5, 0.6) is 0 Å². The Labute approximate surface area is 136 Å². The van der Waals surface area contributed by atoms with Crippen molar-refractivity contribution in [3.63, 3.8) is 0 Å². The number of hydrogen-bond donors (Lipinski definition) is 2. The molecule has 1 aliphatic rings. The van der Waals surface area contributed by atoms with Gasteiger partial charge in [0, 0.05) is 12.1 Å². The van der Waals surface area contributed by atoms with Crippen molar-refractivity contribution < 1.29 is 4.79 Å². The van der Waals surface area contributed by atoms with Crippen LogP contribution in [0.3, 0.4) is 0 Å². The van der Waals surface area contributed by atoms with E-state index in [-0.39, 0.29) is 42.3 Å². The van der Waals surface area contributed by atoms with Gasteiger partial charge in [0.2, 0.25) is 5.91 Å². The molecule has 0 bridgehead atoms. The Bertz CT molecular complexity index is 290. The molecule has 1 aliphatic carbocycles. The van der Waals surface area contributed by atoms with E-state index in [9.17, 15) is 4.79 Å². The lowest BCUT2D eigenvalue weighted by Gasteiger charge is -2.45. The Balaban J connectivity index is 0. The van der Waals surface area contributed by atoms with Gasteiger partial charge in [0.15, 0.2) is 0 Å². The lowest BCUT2D eigenvalue weighted by Crippen LogP contribution is -2.56. The Morgan fingerprint density at radius 2 is 2.05 bits per heavy atom. The first-order chi connectivity index (χ1) is 8.41. The highest BCUT2D eigenvalue weighted by Crippen LogP contribution is 2.35. The molecule has 0 aromatic heterocycles. The van der Waals surface area contributed by atoms with Crippen molar-refractivity contribution in [2.24, 2.45) is 11.7 Å². The number of hydrogen-bond acceptors (Lipinski definition) is 3. The Hall–Kier alpha value is -0.0300. The highest BCUT2D eigenvalue weighted by Gasteiger charge is 2.37. The predicted octanol–water partition coefficient (Wildman–Crippen LogP) is 2.19. The zero-order chi connectivity index (χ0) is 13.8. The van der Waals surface area contributed by atoms with E-state index in [0.29, 0.717) is 6.42 Å². The first kappa shape index (κ1) is 22.3. The molecule has 2 unspecified atom stereocenters. The molecule has 1 saturated carbocycles. The second-order valence-electron chi connectivity index (χ2n) is 6.05. The number of nitrogens with zero attached hydrogens (tertiary/aromatic N) is 1. The number of likely N-dealkylation sites (N-methyl/N-ethyl adjacent to an activating group) is 1. The van der Waals surface area contributed by atoms with Gasteiger partial charge in [-0.15, -0.1) is 24.8 Å². The van der Waals surface area contributed by atoms with Crippen LogP contribution < -0.4 is 11.1 Å². The molecule has 1 fully saturated rings. The van der Waals surface area contributed by atoms with Gasteiger partial charge in [-0.2, -0.15) is 0 Å². The number of nitrogens with one attached hydrogen (secondary N) is 1. The molecule has 0 aromatic rings. The van der Waals surface area contributed by atoms with Crippen LogP contribution >= 0.6 is 24.8 Å². The topological polar surface area (TPSA) is 58.4 Å². The van der Waals surface area contributed by atoms with E-state index in [1.165, 1.54) is 12.8 Å². The fraction of sp³-hybridized carbons (Fsp3) is 0.929. The molecule has 1 rings (SSSR count). The lowest BCUT2D eigenvalue weighted by atomic mass is 9.75. The van der Waals surface area contributed by atoms with Crippen molar-refractivity contribution in [3.05, 3.63) is 0 Å². The van der Waals surface area contributed by atoms with Crippen molar-refractivity contribution in [2.45, 2.75) is 57.5 Å². The third-order valence-corrected chi connectivity index (χ3v) is 4.38. The number of carbonyl (C=O) groups is 1. The van der Waals surface area contributed by atoms with Crippen molar-refractivity contribution in [3.8, 4) is 0 Å². The van der Waals surface area contributed by atoms with Gasteiger partial charge in [0.05, 0.1) is 6.04 Å². The van der Waals surface area contributed by atoms with E-state index in [2.05, 4.69) is 31.2 Å². The Kier molecular flexibility index (Phi) is 10.9. The minimum atomic E-state index is -0.370. The number of carbonyl (C=O) groups excluding carboxylic acids is 1. The Morgan fingerprint density at radius 3 is 2.50 bits per heavy atom. The lowest BCUT2D eigenvalue weighted by molar-refractivity contribution is -0.123. The molecule has 122 valence electrons. The first-order valence-electron chi connectivity index (χ1n) is 7.12. The fourth-order valence-corrected chi connectivity index (χ4v) is 2.93. The van der Waals surface area contributed by atoms with Gasteiger partial charge in [0.1, 0.15) is 0 Å². The molecule has 0 saturated heterocycles. The summed E-state index contributed by atoms with van der Waals surface area (Å²) in [6, 6.07) is -0.370. The molecule has 0 heterocycles. The standard InChI is InChI=1S/C14H29N3O.2ClH/c1-5-12(15)13(18)16-10-14(17(3)4)8-6-7-11(2)9-14;;/h11-12H,5-10,15H2,1-4H3,(H,16,18);2*1H/t11?,12-,14?;;/m0../s1. The summed E-state index contributed by atoms with van der Waals surface area (Å²) in [5.41, 5.74) is 5.86. The number of nitrogens with two attached hydrogens (primary N) is 1. The maximum absolute atomic E-state index is 11.8. The number of rotatable bonds is 5. The zero-order valence-corrected chi connectivity index (χ0v) is 14.8. The van der Waals surface area contributed by atoms with Gasteiger partial charge in [-0.1, -0.05) is 26.7 Å². The van der Waals surface area contributed by atoms with Crippen LogP contribution in [-0.2, 0) is 4.79 Å². The average molecular weight is 328 g/mol. The first-order valence-corrected chi connectivity index (χ1v) is 7.12. The highest BCUT2D eigenvalue weighted by atomic mass is 35.5. The largest absolute Gasteiger partial charge is 0.353 e. The molecule has 0 aliphatic heterocycles. The van der Waals surface area contributed by atoms with Crippen LogP contribution in [0.15, 0.2) is 0 Å². The summed E-state index contributed by atoms with van der Waals surface area (Å²) in [4.78, 5) is 14.1. The predicted molar refractivity (Wildman–Crippen MR) is 89.8 cm³/mol. The van der Waals surface area contributed by atoms with Crippen LogP contribution in [0.25, 0.3) is 0 Å². The molecule has 6 heteroatoms. The van der Waals surface area contributed by atoms with E-state index in [1.807, 2.05) is 6.92 Å². The smallest absolute Gasteiger partial charge is 0.236 e. The minimum absolute atomic E-state index is 0. The monoisotopic (exact) mass is 327 g/mol. The zero-order valence-electron chi connectivity index (χ0n) is 13.1. The minimum Gasteiger partial charge on any atom is -0.353 e. The van der Waals surface area contributed by atoms with Crippen LogP contribution in [0.1, 0.15) is 46.0 Å². The summed E-state index contributed by atoms with van der Waals surface area (Å²) in [5.74, 6) is 0.717. The SMILES string of the molecule is CC[C@H](N)C(=O)NCC1(N(C)C)CCCC(C)C1.Cl.Cl. The second-order valence-corrected chi connectivity index (χ2v) is 6.05. The van der Waals surface area contributed by atoms with Crippen LogP contribution in [0.4, 0.5) is 0 Å². The molecule has 0 radical (unpaired) electrons. The van der Waals surface area contributed by atoms with Crippen molar-refractivity contribution in [1.82, 2.24) is 10.2 Å². The Morgan fingerprint density at radius 1 is 1.45 bits per heavy atom. The van der Waals surface area contributed by atoms with Crippen LogP contribution in [0.2, 0.25) is 0 Å². The summed E-state index contributed by atoms with van der Waals surface area (Å²) in [5, 5.41) is 3.04. The van der Waals surface area contributed by atoms with Gasteiger partial charge in [-0.05, 0) is 39.3 Å². The molecule has 4 nitrogen and oxygen atoms in total. The average Bonchev–Trinajstić information content (AvgIpc) is 2.34. The maximum atomic E-state index is 11.8. The summed E-state index contributed by atoms with van der Waals surface area (Å²) >= 11 is 0. The summed E-state index contributed by atoms with van der Waals surface area (Å²) in [6.07, 6.45) is 5.55. The van der Waals surface area contributed by atoms with E-state index in [4.69, 9.17) is 5.73 Å². The van der Waals surface area contributed by atoms with Gasteiger partial charge >= 0.3 is 0 Å². The quantitative estimate of drug-likeness (QED) is 0.813. The highest BCUT2D eigenvalue weighted by molar-refractivity contribution is 5.85. The molecular formula is C14H31Cl2N3O. The normalized spacial score (nSPS) is 27.2. The molecular weight excluding hydrogens is 297 g/mol. The third kappa shape index (κ3) is 5.76. The van der Waals surface area contributed by atoms with Gasteiger partial charge in [0.25, 0.3) is 0 Å². The van der Waals surface area contributed by atoms with E-state index in [1.54, 1.807) is 0 Å². The maximum Gasteiger partial charge on any atom is 0.236 e. The van der Waals surface area contributed by atoms with E-state index in [0.717, 1.165) is 25.3 Å². The number of halogens is 2. The summed E-state index contributed by atoms with van der Waals surface area (Å²) < 4.78 is 0. The second kappa shape index (κ2) is 9.82. The molecule has 0 aromatic carbocycles. The van der Waals surface area contributed by atoms with E-state index >= 15 is 0 Å². The molecule has 1 amide bonds. The molecule has 3 atom stereocenters. The van der Waals surface area contributed by atoms with Crippen LogP contribution in [-0.4, -0.2) is 43.0 Å². The van der Waals surface area contributed by atoms with Crippen LogP contribution in [0, 0.1) is 5.92 Å². The molecule has 0 spiro atoms. The fourth-order valence-electron chi connectivity index (χ4n) is 2.93. The van der Waals surface area contributed by atoms with Gasteiger partial charge in [-0.25, -0.2) is 0 Å². The van der Waals surface area contributed by atoms with Gasteiger partial charge < -0.3 is 16.0 Å². The van der Waals surface area contributed by atoms with E-state index < -0.39 is 0 Å². The third-order valence-electron chi connectivity index (χ3n) is 4.38. The molecule has 3 N–H and O–H groups in total. The van der Waals surface area contributed by atoms with Crippen molar-refractivity contribution >= 4 is 30.7 Å². The van der Waals surface area contributed by atoms with Crippen molar-refractivity contribution in [2.75, 3.05) is 20.6 Å². The molecule has 20 heavy (non-hydrogen) atoms. The van der Waals surface area contributed by atoms with Crippen molar-refractivity contribution in [1.29, 1.82) is 0 Å². The summed E-state index contributed by atoms with van der Waals surface area (Å²) in [6.45, 7) is 4.96.